The van der Waals surface area contributed by atoms with Crippen LogP contribution in [0.3, 0.4) is 0 Å². The minimum atomic E-state index is -2.02. The van der Waals surface area contributed by atoms with Gasteiger partial charge in [0, 0.05) is 22.8 Å². The van der Waals surface area contributed by atoms with E-state index in [0.29, 0.717) is 11.1 Å². The fourth-order valence-corrected chi connectivity index (χ4v) is 4.79. The van der Waals surface area contributed by atoms with Gasteiger partial charge in [0.15, 0.2) is 0 Å². The maximum Gasteiger partial charge on any atom is 0.131 e. The zero-order chi connectivity index (χ0) is 22.2. The molecule has 0 aliphatic rings. The Morgan fingerprint density at radius 2 is 1.28 bits per heavy atom. The van der Waals surface area contributed by atoms with Gasteiger partial charge in [-0.2, -0.15) is 0 Å². The fraction of sp³-hybridized carbons (Fsp3) is 0.333. The SMILES string of the molecule is Cc1c(O)c(C(=S)S(=O)C(=S)c2cc(C(C)C)c(O)cc2O)cc(C(C)C)c1O. The molecule has 1 atom stereocenters. The first-order valence-corrected chi connectivity index (χ1v) is 11.0. The predicted octanol–water partition coefficient (Wildman–Crippen LogP) is 4.86. The van der Waals surface area contributed by atoms with Gasteiger partial charge < -0.3 is 20.4 Å². The van der Waals surface area contributed by atoms with Gasteiger partial charge >= 0.3 is 0 Å². The van der Waals surface area contributed by atoms with Crippen molar-refractivity contribution in [3.63, 3.8) is 0 Å². The molecule has 0 aromatic heterocycles. The Balaban J connectivity index is 2.53. The molecule has 0 amide bonds. The standard InChI is InChI=1S/C21H24O5S3/c1-9(2)12-6-14(17(23)8-16(12)22)20(27)29(26)21(28)15-7-13(10(3)4)18(24)11(5)19(15)25/h6-10,22-25H,1-5H3. The Bertz CT molecular complexity index is 1030. The van der Waals surface area contributed by atoms with Crippen molar-refractivity contribution < 1.29 is 24.6 Å². The Kier molecular flexibility index (Phi) is 7.03. The third kappa shape index (κ3) is 4.44. The first-order chi connectivity index (χ1) is 13.4. The van der Waals surface area contributed by atoms with Crippen LogP contribution < -0.4 is 0 Å². The van der Waals surface area contributed by atoms with Crippen molar-refractivity contribution in [1.29, 1.82) is 0 Å². The quantitative estimate of drug-likeness (QED) is 0.492. The lowest BCUT2D eigenvalue weighted by Crippen LogP contribution is -2.17. The van der Waals surface area contributed by atoms with Gasteiger partial charge in [-0.15, -0.1) is 0 Å². The molecule has 0 radical (unpaired) electrons. The van der Waals surface area contributed by atoms with E-state index in [1.165, 1.54) is 12.1 Å². The van der Waals surface area contributed by atoms with Crippen molar-refractivity contribution >= 4 is 43.6 Å². The van der Waals surface area contributed by atoms with Crippen molar-refractivity contribution in [3.05, 3.63) is 46.0 Å². The fourth-order valence-electron chi connectivity index (χ4n) is 2.92. The van der Waals surface area contributed by atoms with Gasteiger partial charge in [-0.05, 0) is 42.0 Å². The number of phenolic OH excluding ortho intramolecular Hbond substituents is 4. The average Bonchev–Trinajstić information content (AvgIpc) is 2.64. The van der Waals surface area contributed by atoms with E-state index >= 15 is 0 Å². The number of rotatable bonds is 4. The molecule has 156 valence electrons. The Morgan fingerprint density at radius 1 is 0.793 bits per heavy atom. The number of hydrogen-bond acceptors (Lipinski definition) is 7. The van der Waals surface area contributed by atoms with E-state index in [1.807, 2.05) is 27.7 Å². The van der Waals surface area contributed by atoms with Crippen LogP contribution in [0.25, 0.3) is 0 Å². The van der Waals surface area contributed by atoms with E-state index in [2.05, 4.69) is 0 Å². The number of benzene rings is 2. The molecule has 0 aliphatic carbocycles. The van der Waals surface area contributed by atoms with Crippen LogP contribution >= 0.6 is 24.4 Å². The molecule has 4 N–H and O–H groups in total. The van der Waals surface area contributed by atoms with Gasteiger partial charge in [0.1, 0.15) is 42.2 Å². The summed E-state index contributed by atoms with van der Waals surface area (Å²) >= 11 is 10.7. The van der Waals surface area contributed by atoms with Crippen LogP contribution in [0.2, 0.25) is 0 Å². The lowest BCUT2D eigenvalue weighted by Gasteiger charge is -2.17. The van der Waals surface area contributed by atoms with E-state index in [1.54, 1.807) is 6.92 Å². The van der Waals surface area contributed by atoms with Crippen LogP contribution in [0.5, 0.6) is 23.0 Å². The first kappa shape index (κ1) is 23.3. The molecule has 0 fully saturated rings. The molecule has 29 heavy (non-hydrogen) atoms. The molecule has 2 aromatic carbocycles. The van der Waals surface area contributed by atoms with E-state index in [4.69, 9.17) is 24.4 Å². The lowest BCUT2D eigenvalue weighted by molar-refractivity contribution is 0.436. The lowest BCUT2D eigenvalue weighted by atomic mass is 9.96. The van der Waals surface area contributed by atoms with Crippen molar-refractivity contribution in [1.82, 2.24) is 0 Å². The van der Waals surface area contributed by atoms with Crippen molar-refractivity contribution in [2.75, 3.05) is 0 Å². The van der Waals surface area contributed by atoms with Crippen LogP contribution in [0.1, 0.15) is 67.3 Å². The Hall–Kier alpha value is -2.03. The zero-order valence-electron chi connectivity index (χ0n) is 16.8. The molecule has 5 nitrogen and oxygen atoms in total. The minimum Gasteiger partial charge on any atom is -0.508 e. The van der Waals surface area contributed by atoms with Crippen molar-refractivity contribution in [2.45, 2.75) is 46.5 Å². The van der Waals surface area contributed by atoms with Crippen LogP contribution in [0.15, 0.2) is 18.2 Å². The summed E-state index contributed by atoms with van der Waals surface area (Å²) < 4.78 is 12.9. The second-order valence-electron chi connectivity index (χ2n) is 7.42. The molecule has 0 spiro atoms. The molecular formula is C21H24O5S3. The monoisotopic (exact) mass is 452 g/mol. The van der Waals surface area contributed by atoms with Crippen LogP contribution in [0, 0.1) is 6.92 Å². The van der Waals surface area contributed by atoms with Crippen molar-refractivity contribution in [3.8, 4) is 23.0 Å². The molecule has 0 heterocycles. The molecule has 1 unspecified atom stereocenters. The van der Waals surface area contributed by atoms with Gasteiger partial charge in [-0.25, -0.2) is 4.21 Å². The molecule has 8 heteroatoms. The maximum absolute atomic E-state index is 13.1. The maximum atomic E-state index is 13.1. The van der Waals surface area contributed by atoms with Gasteiger partial charge in [-0.3, -0.25) is 0 Å². The van der Waals surface area contributed by atoms with E-state index in [0.717, 1.165) is 6.07 Å². The summed E-state index contributed by atoms with van der Waals surface area (Å²) in [4.78, 5) is 0. The summed E-state index contributed by atoms with van der Waals surface area (Å²) in [5.41, 5.74) is 1.65. The van der Waals surface area contributed by atoms with E-state index in [-0.39, 0.29) is 59.9 Å². The highest BCUT2D eigenvalue weighted by Crippen LogP contribution is 2.38. The molecule has 2 rings (SSSR count). The van der Waals surface area contributed by atoms with Gasteiger partial charge in [0.25, 0.3) is 0 Å². The highest BCUT2D eigenvalue weighted by Gasteiger charge is 2.26. The molecule has 2 aromatic rings. The van der Waals surface area contributed by atoms with Gasteiger partial charge in [-0.1, -0.05) is 52.1 Å². The molecular weight excluding hydrogens is 428 g/mol. The second-order valence-corrected chi connectivity index (χ2v) is 10.1. The zero-order valence-corrected chi connectivity index (χ0v) is 19.3. The summed E-state index contributed by atoms with van der Waals surface area (Å²) in [5.74, 6) is -0.769. The van der Waals surface area contributed by atoms with Crippen LogP contribution in [-0.2, 0) is 10.8 Å². The molecule has 0 aliphatic heterocycles. The smallest absolute Gasteiger partial charge is 0.131 e. The highest BCUT2D eigenvalue weighted by molar-refractivity contribution is 8.29. The number of phenols is 4. The molecule has 0 bridgehead atoms. The molecule has 0 saturated carbocycles. The third-order valence-electron chi connectivity index (χ3n) is 4.70. The topological polar surface area (TPSA) is 98.0 Å². The normalized spacial score (nSPS) is 12.4. The number of aromatic hydroxyl groups is 4. The summed E-state index contributed by atoms with van der Waals surface area (Å²) in [5, 5.41) is 40.9. The molecule has 0 saturated heterocycles. The van der Waals surface area contributed by atoms with Gasteiger partial charge in [0.05, 0.1) is 0 Å². The highest BCUT2D eigenvalue weighted by atomic mass is 32.2. The Labute approximate surface area is 183 Å². The Morgan fingerprint density at radius 3 is 1.79 bits per heavy atom. The second kappa shape index (κ2) is 8.77. The summed E-state index contributed by atoms with van der Waals surface area (Å²) in [6.07, 6.45) is 0. The third-order valence-corrected chi connectivity index (χ3v) is 7.17. The largest absolute Gasteiger partial charge is 0.508 e. The number of thiocarbonyl (C=S) groups is 2. The van der Waals surface area contributed by atoms with E-state index in [9.17, 15) is 24.6 Å². The van der Waals surface area contributed by atoms with Gasteiger partial charge in [0.2, 0.25) is 0 Å². The number of hydrogen-bond donors (Lipinski definition) is 4. The van der Waals surface area contributed by atoms with Crippen molar-refractivity contribution in [2.24, 2.45) is 0 Å². The predicted molar refractivity (Wildman–Crippen MR) is 124 cm³/mol. The summed E-state index contributed by atoms with van der Waals surface area (Å²) in [6, 6.07) is 4.18. The van der Waals surface area contributed by atoms with Crippen LogP contribution in [0.4, 0.5) is 0 Å². The average molecular weight is 453 g/mol. The summed E-state index contributed by atoms with van der Waals surface area (Å²) in [6.45, 7) is 9.03. The van der Waals surface area contributed by atoms with E-state index < -0.39 is 10.8 Å². The van der Waals surface area contributed by atoms with Crippen LogP contribution in [-0.4, -0.2) is 33.0 Å². The first-order valence-electron chi connectivity index (χ1n) is 9.00. The minimum absolute atomic E-state index is 0.0323. The summed E-state index contributed by atoms with van der Waals surface area (Å²) in [7, 11) is -2.02.